The third-order valence-corrected chi connectivity index (χ3v) is 4.32. The first-order valence-electron chi connectivity index (χ1n) is 8.11. The Morgan fingerprint density at radius 1 is 1.08 bits per heavy atom. The number of aryl methyl sites for hydroxylation is 3. The van der Waals surface area contributed by atoms with Gasteiger partial charge in [-0.15, -0.1) is 0 Å². The van der Waals surface area contributed by atoms with Crippen LogP contribution in [-0.2, 0) is 0 Å². The average Bonchev–Trinajstić information content (AvgIpc) is 3.16. The highest BCUT2D eigenvalue weighted by Gasteiger charge is 2.19. The molecule has 0 radical (unpaired) electrons. The Morgan fingerprint density at radius 3 is 2.60 bits per heavy atom. The summed E-state index contributed by atoms with van der Waals surface area (Å²) in [7, 11) is 1.68. The van der Waals surface area contributed by atoms with Crippen LogP contribution < -0.4 is 4.74 Å². The van der Waals surface area contributed by atoms with E-state index in [0.717, 1.165) is 45.6 Å². The van der Waals surface area contributed by atoms with Crippen LogP contribution in [0.2, 0.25) is 0 Å². The molecule has 126 valence electrons. The van der Waals surface area contributed by atoms with Crippen LogP contribution >= 0.6 is 0 Å². The summed E-state index contributed by atoms with van der Waals surface area (Å²) in [5.74, 6) is 2.63. The molecule has 0 atom stereocenters. The lowest BCUT2D eigenvalue weighted by Crippen LogP contribution is -2.06. The minimum Gasteiger partial charge on any atom is -0.496 e. The van der Waals surface area contributed by atoms with Gasteiger partial charge in [-0.2, -0.15) is 9.61 Å². The number of ether oxygens (including phenoxy) is 1. The summed E-state index contributed by atoms with van der Waals surface area (Å²) in [6.45, 7) is 5.96. The Balaban J connectivity index is 2.07. The van der Waals surface area contributed by atoms with E-state index in [0.29, 0.717) is 0 Å². The predicted octanol–water partition coefficient (Wildman–Crippen LogP) is 3.52. The number of methoxy groups -OCH3 is 1. The van der Waals surface area contributed by atoms with Gasteiger partial charge < -0.3 is 4.74 Å². The molecule has 0 aliphatic rings. The molecule has 0 fully saturated rings. The second-order valence-electron chi connectivity index (χ2n) is 6.00. The standard InChI is InChI=1S/C19H19N5O/c1-12-11-17(23-10-9-20-14(23)3)24-19(21-12)18(13(2)22-24)15-7-5-6-8-16(15)25-4/h5-11H,1-4H3. The molecule has 4 aromatic rings. The Kier molecular flexibility index (Phi) is 3.53. The number of hydrogen-bond acceptors (Lipinski definition) is 4. The maximum absolute atomic E-state index is 5.54. The van der Waals surface area contributed by atoms with Crippen molar-refractivity contribution in [2.45, 2.75) is 20.8 Å². The van der Waals surface area contributed by atoms with Gasteiger partial charge in [0, 0.05) is 29.7 Å². The Morgan fingerprint density at radius 2 is 1.88 bits per heavy atom. The molecule has 0 spiro atoms. The van der Waals surface area contributed by atoms with Crippen molar-refractivity contribution in [2.75, 3.05) is 7.11 Å². The molecule has 0 saturated carbocycles. The zero-order chi connectivity index (χ0) is 17.6. The first-order valence-corrected chi connectivity index (χ1v) is 8.11. The van der Waals surface area contributed by atoms with E-state index in [1.807, 2.05) is 66.4 Å². The van der Waals surface area contributed by atoms with E-state index in [1.165, 1.54) is 0 Å². The van der Waals surface area contributed by atoms with E-state index < -0.39 is 0 Å². The zero-order valence-electron chi connectivity index (χ0n) is 14.7. The summed E-state index contributed by atoms with van der Waals surface area (Å²) in [6.07, 6.45) is 3.72. The van der Waals surface area contributed by atoms with Gasteiger partial charge in [-0.05, 0) is 26.8 Å². The quantitative estimate of drug-likeness (QED) is 0.576. The van der Waals surface area contributed by atoms with E-state index in [1.54, 1.807) is 13.3 Å². The van der Waals surface area contributed by atoms with E-state index in [9.17, 15) is 0 Å². The maximum Gasteiger partial charge on any atom is 0.165 e. The number of fused-ring (bicyclic) bond motifs is 1. The monoisotopic (exact) mass is 333 g/mol. The summed E-state index contributed by atoms with van der Waals surface area (Å²) in [4.78, 5) is 9.09. The van der Waals surface area contributed by atoms with Crippen molar-refractivity contribution in [3.63, 3.8) is 0 Å². The highest BCUT2D eigenvalue weighted by atomic mass is 16.5. The van der Waals surface area contributed by atoms with Crippen LogP contribution in [0.1, 0.15) is 17.2 Å². The van der Waals surface area contributed by atoms with E-state index in [-0.39, 0.29) is 0 Å². The van der Waals surface area contributed by atoms with Crippen molar-refractivity contribution in [3.8, 4) is 22.7 Å². The number of benzene rings is 1. The minimum atomic E-state index is 0.809. The van der Waals surface area contributed by atoms with Crippen LogP contribution in [0, 0.1) is 20.8 Å². The normalized spacial score (nSPS) is 11.2. The Bertz CT molecular complexity index is 1080. The molecule has 0 amide bonds. The van der Waals surface area contributed by atoms with Crippen LogP contribution in [0.15, 0.2) is 42.7 Å². The lowest BCUT2D eigenvalue weighted by atomic mass is 10.1. The van der Waals surface area contributed by atoms with Gasteiger partial charge in [0.25, 0.3) is 0 Å². The molecular formula is C19H19N5O. The number of aromatic nitrogens is 5. The second kappa shape index (κ2) is 5.73. The molecule has 3 heterocycles. The molecule has 0 bridgehead atoms. The van der Waals surface area contributed by atoms with Gasteiger partial charge in [0.05, 0.1) is 18.4 Å². The smallest absolute Gasteiger partial charge is 0.165 e. The molecule has 1 aromatic carbocycles. The van der Waals surface area contributed by atoms with Crippen molar-refractivity contribution < 1.29 is 4.74 Å². The third kappa shape index (κ3) is 2.38. The molecule has 3 aromatic heterocycles. The average molecular weight is 333 g/mol. The molecule has 4 rings (SSSR count). The van der Waals surface area contributed by atoms with Crippen LogP contribution in [0.25, 0.3) is 22.6 Å². The maximum atomic E-state index is 5.54. The SMILES string of the molecule is COc1ccccc1-c1c(C)nn2c(-n3ccnc3C)cc(C)nc12. The third-order valence-electron chi connectivity index (χ3n) is 4.32. The van der Waals surface area contributed by atoms with E-state index in [2.05, 4.69) is 4.98 Å². The Hall–Kier alpha value is -3.15. The van der Waals surface area contributed by atoms with Crippen LogP contribution in [-0.4, -0.2) is 31.3 Å². The second-order valence-corrected chi connectivity index (χ2v) is 6.00. The fourth-order valence-electron chi connectivity index (χ4n) is 3.18. The fourth-order valence-corrected chi connectivity index (χ4v) is 3.18. The summed E-state index contributed by atoms with van der Waals surface area (Å²) >= 11 is 0. The zero-order valence-corrected chi connectivity index (χ0v) is 14.7. The summed E-state index contributed by atoms with van der Waals surface area (Å²) < 4.78 is 9.43. The van der Waals surface area contributed by atoms with Gasteiger partial charge in [-0.1, -0.05) is 18.2 Å². The van der Waals surface area contributed by atoms with Gasteiger partial charge in [0.15, 0.2) is 5.65 Å². The van der Waals surface area contributed by atoms with E-state index in [4.69, 9.17) is 14.8 Å². The largest absolute Gasteiger partial charge is 0.496 e. The molecule has 0 aliphatic heterocycles. The highest BCUT2D eigenvalue weighted by molar-refractivity contribution is 5.84. The first kappa shape index (κ1) is 15.4. The molecule has 0 N–H and O–H groups in total. The van der Waals surface area contributed by atoms with E-state index >= 15 is 0 Å². The number of rotatable bonds is 3. The molecule has 6 nitrogen and oxygen atoms in total. The van der Waals surface area contributed by atoms with Gasteiger partial charge >= 0.3 is 0 Å². The van der Waals surface area contributed by atoms with Crippen molar-refractivity contribution >= 4 is 5.65 Å². The lowest BCUT2D eigenvalue weighted by molar-refractivity contribution is 0.416. The fraction of sp³-hybridized carbons (Fsp3) is 0.211. The van der Waals surface area contributed by atoms with Gasteiger partial charge in [-0.3, -0.25) is 4.57 Å². The minimum absolute atomic E-state index is 0.809. The first-order chi connectivity index (χ1) is 12.1. The molecule has 0 aliphatic carbocycles. The molecule has 6 heteroatoms. The Labute approximate surface area is 145 Å². The molecule has 0 unspecified atom stereocenters. The van der Waals surface area contributed by atoms with Crippen molar-refractivity contribution in [3.05, 3.63) is 59.9 Å². The van der Waals surface area contributed by atoms with Crippen LogP contribution in [0.5, 0.6) is 5.75 Å². The topological polar surface area (TPSA) is 57.2 Å². The number of para-hydroxylation sites is 1. The van der Waals surface area contributed by atoms with Crippen LogP contribution in [0.4, 0.5) is 0 Å². The number of hydrogen-bond donors (Lipinski definition) is 0. The van der Waals surface area contributed by atoms with Gasteiger partial charge in [-0.25, -0.2) is 9.97 Å². The molecule has 0 saturated heterocycles. The van der Waals surface area contributed by atoms with Crippen LogP contribution in [0.3, 0.4) is 0 Å². The lowest BCUT2D eigenvalue weighted by Gasteiger charge is -2.10. The van der Waals surface area contributed by atoms with Crippen molar-refractivity contribution in [1.29, 1.82) is 0 Å². The summed E-state index contributed by atoms with van der Waals surface area (Å²) in [6, 6.07) is 9.96. The highest BCUT2D eigenvalue weighted by Crippen LogP contribution is 2.35. The molecule has 25 heavy (non-hydrogen) atoms. The molecular weight excluding hydrogens is 314 g/mol. The summed E-state index contributed by atoms with van der Waals surface area (Å²) in [5, 5.41) is 4.75. The number of imidazole rings is 1. The van der Waals surface area contributed by atoms with Crippen molar-refractivity contribution in [2.24, 2.45) is 0 Å². The summed E-state index contributed by atoms with van der Waals surface area (Å²) in [5.41, 5.74) is 4.61. The van der Waals surface area contributed by atoms with Gasteiger partial charge in [0.2, 0.25) is 0 Å². The predicted molar refractivity (Wildman–Crippen MR) is 96.3 cm³/mol. The van der Waals surface area contributed by atoms with Gasteiger partial charge in [0.1, 0.15) is 17.4 Å². The number of nitrogens with zero attached hydrogens (tertiary/aromatic N) is 5. The van der Waals surface area contributed by atoms with Crippen molar-refractivity contribution in [1.82, 2.24) is 24.1 Å².